The van der Waals surface area contributed by atoms with Gasteiger partial charge < -0.3 is 14.4 Å². The molecule has 2 rings (SSSR count). The number of aromatic hydroxyl groups is 1. The smallest absolute Gasteiger partial charge is 0.161 e. The van der Waals surface area contributed by atoms with Gasteiger partial charge >= 0.3 is 0 Å². The van der Waals surface area contributed by atoms with Crippen molar-refractivity contribution in [2.75, 3.05) is 14.2 Å². The minimum atomic E-state index is -2.69. The molecule has 0 spiro atoms. The highest BCUT2D eigenvalue weighted by Crippen LogP contribution is 2.25. The van der Waals surface area contributed by atoms with E-state index in [1.165, 1.54) is 32.5 Å². The van der Waals surface area contributed by atoms with E-state index < -0.39 is 16.9 Å². The molecule has 1 atom stereocenters. The number of methoxy groups -OCH3 is 1. The van der Waals surface area contributed by atoms with E-state index in [1.807, 2.05) is 0 Å². The summed E-state index contributed by atoms with van der Waals surface area (Å²) in [5, 5.41) is 22.8. The van der Waals surface area contributed by atoms with Crippen molar-refractivity contribution in [3.05, 3.63) is 53.3 Å². The van der Waals surface area contributed by atoms with E-state index in [-0.39, 0.29) is 27.8 Å². The van der Waals surface area contributed by atoms with Crippen LogP contribution in [0.4, 0.5) is 4.39 Å². The van der Waals surface area contributed by atoms with Crippen LogP contribution in [-0.2, 0) is 11.1 Å². The molecule has 0 heterocycles. The van der Waals surface area contributed by atoms with Gasteiger partial charge in [0.05, 0.1) is 13.3 Å². The van der Waals surface area contributed by atoms with Crippen LogP contribution < -0.4 is 4.74 Å². The standard InChI is InChI=1S/C16H16FN3O4S/c1-20(19-9-10-3-6-13(21)14(7-10)24-2)16(18)12-5-4-11(17)8-15(12)25(22)23/h3-9,18,21H,1-2H3,(H,22,23)/p-1/b18-16?,19-9+. The van der Waals surface area contributed by atoms with Crippen molar-refractivity contribution >= 4 is 23.1 Å². The van der Waals surface area contributed by atoms with E-state index >= 15 is 0 Å². The quantitative estimate of drug-likeness (QED) is 0.365. The van der Waals surface area contributed by atoms with Gasteiger partial charge in [0, 0.05) is 17.5 Å². The second-order valence-electron chi connectivity index (χ2n) is 4.92. The molecule has 2 aromatic rings. The Bertz CT molecular complexity index is 857. The Hall–Kier alpha value is -2.78. The molecule has 0 aliphatic carbocycles. The predicted octanol–water partition coefficient (Wildman–Crippen LogP) is 2.07. The number of amidine groups is 1. The second kappa shape index (κ2) is 7.86. The van der Waals surface area contributed by atoms with Crippen LogP contribution in [0, 0.1) is 11.2 Å². The predicted molar refractivity (Wildman–Crippen MR) is 90.4 cm³/mol. The summed E-state index contributed by atoms with van der Waals surface area (Å²) in [6.45, 7) is 0. The molecular formula is C16H15FN3O4S-. The highest BCUT2D eigenvalue weighted by Gasteiger charge is 2.13. The van der Waals surface area contributed by atoms with Crippen molar-refractivity contribution < 1.29 is 23.0 Å². The number of phenolic OH excluding ortho intramolecular Hbond substituents is 1. The number of hydrogen-bond acceptors (Lipinski definition) is 6. The fraction of sp³-hybridized carbons (Fsp3) is 0.125. The molecule has 1 unspecified atom stereocenters. The maximum atomic E-state index is 13.2. The van der Waals surface area contributed by atoms with E-state index in [2.05, 4.69) is 5.10 Å². The van der Waals surface area contributed by atoms with Gasteiger partial charge in [0.25, 0.3) is 0 Å². The van der Waals surface area contributed by atoms with Crippen LogP contribution >= 0.6 is 0 Å². The molecule has 0 aromatic heterocycles. The zero-order valence-electron chi connectivity index (χ0n) is 13.4. The Kier molecular flexibility index (Phi) is 5.84. The van der Waals surface area contributed by atoms with Crippen molar-refractivity contribution in [3.8, 4) is 11.5 Å². The van der Waals surface area contributed by atoms with Gasteiger partial charge in [0.2, 0.25) is 0 Å². The number of hydrazone groups is 1. The Labute approximate surface area is 146 Å². The van der Waals surface area contributed by atoms with Gasteiger partial charge in [0.15, 0.2) is 11.5 Å². The first kappa shape index (κ1) is 18.6. The zero-order valence-corrected chi connectivity index (χ0v) is 14.2. The lowest BCUT2D eigenvalue weighted by molar-refractivity contribution is 0.373. The molecule has 9 heteroatoms. The van der Waals surface area contributed by atoms with Crippen molar-refractivity contribution in [2.24, 2.45) is 5.10 Å². The van der Waals surface area contributed by atoms with Gasteiger partial charge in [-0.1, -0.05) is 0 Å². The van der Waals surface area contributed by atoms with Crippen LogP contribution in [0.2, 0.25) is 0 Å². The average molecular weight is 364 g/mol. The van der Waals surface area contributed by atoms with Crippen molar-refractivity contribution in [1.82, 2.24) is 5.01 Å². The Morgan fingerprint density at radius 2 is 2.12 bits per heavy atom. The molecule has 0 aliphatic heterocycles. The Morgan fingerprint density at radius 1 is 1.40 bits per heavy atom. The fourth-order valence-corrected chi connectivity index (χ4v) is 2.54. The summed E-state index contributed by atoms with van der Waals surface area (Å²) >= 11 is -2.69. The lowest BCUT2D eigenvalue weighted by Gasteiger charge is -2.18. The molecule has 0 aliphatic rings. The van der Waals surface area contributed by atoms with Crippen LogP contribution in [0.25, 0.3) is 0 Å². The molecule has 7 nitrogen and oxygen atoms in total. The van der Waals surface area contributed by atoms with E-state index in [1.54, 1.807) is 12.1 Å². The molecule has 132 valence electrons. The van der Waals surface area contributed by atoms with Gasteiger partial charge in [-0.05, 0) is 53.0 Å². The molecule has 2 aromatic carbocycles. The minimum absolute atomic E-state index is 0.0189. The number of ether oxygens (including phenoxy) is 1. The van der Waals surface area contributed by atoms with Crippen molar-refractivity contribution in [3.63, 3.8) is 0 Å². The van der Waals surface area contributed by atoms with E-state index in [4.69, 9.17) is 10.1 Å². The summed E-state index contributed by atoms with van der Waals surface area (Å²) in [5.74, 6) is -0.682. The minimum Gasteiger partial charge on any atom is -0.768 e. The van der Waals surface area contributed by atoms with Crippen LogP contribution in [0.5, 0.6) is 11.5 Å². The Morgan fingerprint density at radius 3 is 2.76 bits per heavy atom. The highest BCUT2D eigenvalue weighted by molar-refractivity contribution is 7.79. The Balaban J connectivity index is 2.25. The van der Waals surface area contributed by atoms with E-state index in [9.17, 15) is 18.3 Å². The first-order valence-corrected chi connectivity index (χ1v) is 8.03. The maximum Gasteiger partial charge on any atom is 0.161 e. The van der Waals surface area contributed by atoms with Gasteiger partial charge in [-0.15, -0.1) is 0 Å². The third-order valence-corrected chi connectivity index (χ3v) is 3.98. The number of phenols is 1. The molecule has 0 bridgehead atoms. The van der Waals surface area contributed by atoms with Crippen LogP contribution in [0.3, 0.4) is 0 Å². The van der Waals surface area contributed by atoms with Gasteiger partial charge in [-0.3, -0.25) is 14.6 Å². The topological polar surface area (TPSA) is 109 Å². The summed E-state index contributed by atoms with van der Waals surface area (Å²) in [6, 6.07) is 7.70. The number of nitrogens with zero attached hydrogens (tertiary/aromatic N) is 2. The molecule has 0 radical (unpaired) electrons. The normalized spacial score (nSPS) is 12.2. The molecule has 0 saturated heterocycles. The van der Waals surface area contributed by atoms with Gasteiger partial charge in [0.1, 0.15) is 11.7 Å². The maximum absolute atomic E-state index is 13.2. The average Bonchev–Trinajstić information content (AvgIpc) is 2.59. The third kappa shape index (κ3) is 4.40. The van der Waals surface area contributed by atoms with Crippen LogP contribution in [0.15, 0.2) is 46.4 Å². The van der Waals surface area contributed by atoms with Gasteiger partial charge in [-0.2, -0.15) is 5.10 Å². The molecule has 0 amide bonds. The summed E-state index contributed by atoms with van der Waals surface area (Å²) in [4.78, 5) is -0.321. The fourth-order valence-electron chi connectivity index (χ4n) is 1.99. The molecule has 0 saturated carbocycles. The largest absolute Gasteiger partial charge is 0.768 e. The monoisotopic (exact) mass is 364 g/mol. The summed E-state index contributed by atoms with van der Waals surface area (Å²) in [7, 11) is 2.87. The summed E-state index contributed by atoms with van der Waals surface area (Å²) in [5.41, 5.74) is 0.624. The first-order chi connectivity index (χ1) is 11.8. The summed E-state index contributed by atoms with van der Waals surface area (Å²) < 4.78 is 40.7. The van der Waals surface area contributed by atoms with Crippen molar-refractivity contribution in [1.29, 1.82) is 5.41 Å². The summed E-state index contributed by atoms with van der Waals surface area (Å²) in [6.07, 6.45) is 1.41. The molecular weight excluding hydrogens is 349 g/mol. The second-order valence-corrected chi connectivity index (χ2v) is 5.83. The third-order valence-electron chi connectivity index (χ3n) is 3.29. The van der Waals surface area contributed by atoms with Gasteiger partial charge in [-0.25, -0.2) is 4.39 Å². The van der Waals surface area contributed by atoms with E-state index in [0.717, 1.165) is 17.1 Å². The van der Waals surface area contributed by atoms with Crippen molar-refractivity contribution in [2.45, 2.75) is 4.90 Å². The highest BCUT2D eigenvalue weighted by atomic mass is 32.2. The first-order valence-electron chi connectivity index (χ1n) is 6.96. The number of rotatable bonds is 5. The SMILES string of the molecule is COc1cc(/C=N/N(C)C(=N)c2ccc(F)cc2S(=O)[O-])ccc1O. The zero-order chi connectivity index (χ0) is 18.6. The van der Waals surface area contributed by atoms with E-state index in [0.29, 0.717) is 5.56 Å². The number of benzene rings is 2. The number of halogens is 1. The molecule has 25 heavy (non-hydrogen) atoms. The number of hydrogen-bond donors (Lipinski definition) is 2. The lowest BCUT2D eigenvalue weighted by Crippen LogP contribution is -2.23. The molecule has 0 fully saturated rings. The molecule has 2 N–H and O–H groups in total. The van der Waals surface area contributed by atoms with Crippen LogP contribution in [-0.4, -0.2) is 45.1 Å². The van der Waals surface area contributed by atoms with Crippen LogP contribution in [0.1, 0.15) is 11.1 Å². The lowest BCUT2D eigenvalue weighted by atomic mass is 10.2. The number of nitrogens with one attached hydrogen (secondary N) is 1.